The largest absolute Gasteiger partial charge is 0.393 e. The zero-order valence-electron chi connectivity index (χ0n) is 7.97. The molecule has 0 saturated heterocycles. The van der Waals surface area contributed by atoms with Gasteiger partial charge < -0.3 is 10.4 Å². The molecule has 1 atom stereocenters. The fourth-order valence-electron chi connectivity index (χ4n) is 1.01. The Balaban J connectivity index is 3.14. The van der Waals surface area contributed by atoms with Gasteiger partial charge in [-0.3, -0.25) is 4.79 Å². The molecule has 0 aliphatic rings. The number of unbranched alkanes of at least 4 members (excludes halogenated alkanes) is 1. The Morgan fingerprint density at radius 2 is 2.17 bits per heavy atom. The van der Waals surface area contributed by atoms with Gasteiger partial charge in [0.15, 0.2) is 0 Å². The summed E-state index contributed by atoms with van der Waals surface area (Å²) in [5, 5.41) is 11.7. The second-order valence-electron chi connectivity index (χ2n) is 3.05. The van der Waals surface area contributed by atoms with E-state index in [0.29, 0.717) is 13.0 Å². The molecule has 3 nitrogen and oxygen atoms in total. The molecular formula is C9H19NO2. The van der Waals surface area contributed by atoms with Crippen LogP contribution >= 0.6 is 0 Å². The maximum Gasteiger partial charge on any atom is 0.219 e. The molecule has 0 fully saturated rings. The predicted octanol–water partition coefficient (Wildman–Crippen LogP) is 1.06. The van der Waals surface area contributed by atoms with Crippen LogP contribution in [0.3, 0.4) is 0 Å². The standard InChI is InChI=1S/C9H19NO2/c1-3-10-9(12)7-5-4-6-8(2)11/h8,11H,3-7H2,1-2H3,(H,10,12). The number of amides is 1. The second-order valence-corrected chi connectivity index (χ2v) is 3.05. The number of carbonyl (C=O) groups is 1. The molecule has 0 radical (unpaired) electrons. The molecule has 0 aliphatic heterocycles. The molecule has 0 aliphatic carbocycles. The lowest BCUT2D eigenvalue weighted by atomic mass is 10.1. The van der Waals surface area contributed by atoms with Crippen molar-refractivity contribution in [2.75, 3.05) is 6.54 Å². The molecule has 0 heterocycles. The average Bonchev–Trinajstić information content (AvgIpc) is 1.98. The Hall–Kier alpha value is -0.570. The van der Waals surface area contributed by atoms with Crippen LogP contribution < -0.4 is 5.32 Å². The van der Waals surface area contributed by atoms with Crippen molar-refractivity contribution in [2.24, 2.45) is 0 Å². The Labute approximate surface area is 74.2 Å². The third-order valence-electron chi connectivity index (χ3n) is 1.65. The molecule has 0 aromatic carbocycles. The molecule has 0 aromatic rings. The van der Waals surface area contributed by atoms with Crippen molar-refractivity contribution in [2.45, 2.75) is 45.6 Å². The van der Waals surface area contributed by atoms with Gasteiger partial charge in [-0.1, -0.05) is 6.42 Å². The fraction of sp³-hybridized carbons (Fsp3) is 0.889. The minimum atomic E-state index is -0.237. The van der Waals surface area contributed by atoms with E-state index in [1.54, 1.807) is 6.92 Å². The monoisotopic (exact) mass is 173 g/mol. The summed E-state index contributed by atoms with van der Waals surface area (Å²) in [6, 6.07) is 0. The zero-order chi connectivity index (χ0) is 9.40. The Kier molecular flexibility index (Phi) is 6.76. The highest BCUT2D eigenvalue weighted by atomic mass is 16.3. The third-order valence-corrected chi connectivity index (χ3v) is 1.65. The Bertz CT molecular complexity index is 124. The van der Waals surface area contributed by atoms with Gasteiger partial charge in [0.2, 0.25) is 5.91 Å². The lowest BCUT2D eigenvalue weighted by Crippen LogP contribution is -2.22. The van der Waals surface area contributed by atoms with Crippen LogP contribution in [0.1, 0.15) is 39.5 Å². The molecule has 3 heteroatoms. The van der Waals surface area contributed by atoms with Gasteiger partial charge in [-0.05, 0) is 26.7 Å². The lowest BCUT2D eigenvalue weighted by Gasteiger charge is -2.03. The van der Waals surface area contributed by atoms with E-state index in [2.05, 4.69) is 5.32 Å². The molecule has 72 valence electrons. The highest BCUT2D eigenvalue weighted by Gasteiger charge is 2.00. The van der Waals surface area contributed by atoms with Gasteiger partial charge in [-0.25, -0.2) is 0 Å². The SMILES string of the molecule is CCNC(=O)CCCCC(C)O. The van der Waals surface area contributed by atoms with Crippen LogP contribution in [-0.4, -0.2) is 23.7 Å². The fourth-order valence-corrected chi connectivity index (χ4v) is 1.01. The average molecular weight is 173 g/mol. The topological polar surface area (TPSA) is 49.3 Å². The minimum absolute atomic E-state index is 0.114. The Morgan fingerprint density at radius 3 is 2.67 bits per heavy atom. The molecule has 2 N–H and O–H groups in total. The van der Waals surface area contributed by atoms with E-state index in [-0.39, 0.29) is 12.0 Å². The van der Waals surface area contributed by atoms with Crippen molar-refractivity contribution in [1.29, 1.82) is 0 Å². The number of nitrogens with one attached hydrogen (secondary N) is 1. The van der Waals surface area contributed by atoms with E-state index in [1.165, 1.54) is 0 Å². The minimum Gasteiger partial charge on any atom is -0.393 e. The van der Waals surface area contributed by atoms with Gasteiger partial charge in [-0.2, -0.15) is 0 Å². The van der Waals surface area contributed by atoms with Crippen molar-refractivity contribution in [3.63, 3.8) is 0 Å². The summed E-state index contributed by atoms with van der Waals surface area (Å²) in [6.07, 6.45) is 2.94. The van der Waals surface area contributed by atoms with Gasteiger partial charge in [0.05, 0.1) is 6.10 Å². The van der Waals surface area contributed by atoms with Crippen LogP contribution in [0.25, 0.3) is 0 Å². The molecule has 0 aromatic heterocycles. The van der Waals surface area contributed by atoms with Gasteiger partial charge in [0, 0.05) is 13.0 Å². The first-order valence-corrected chi connectivity index (χ1v) is 4.61. The number of hydrogen-bond donors (Lipinski definition) is 2. The molecule has 0 spiro atoms. The van der Waals surface area contributed by atoms with Crippen LogP contribution in [0.4, 0.5) is 0 Å². The van der Waals surface area contributed by atoms with Gasteiger partial charge >= 0.3 is 0 Å². The first-order chi connectivity index (χ1) is 5.66. The summed E-state index contributed by atoms with van der Waals surface area (Å²) in [5.74, 6) is 0.114. The summed E-state index contributed by atoms with van der Waals surface area (Å²) in [4.78, 5) is 10.9. The van der Waals surface area contributed by atoms with E-state index in [9.17, 15) is 4.79 Å². The third kappa shape index (κ3) is 7.54. The predicted molar refractivity (Wildman–Crippen MR) is 48.8 cm³/mol. The maximum atomic E-state index is 10.9. The van der Waals surface area contributed by atoms with Crippen LogP contribution in [0.2, 0.25) is 0 Å². The normalized spacial score (nSPS) is 12.6. The maximum absolute atomic E-state index is 10.9. The molecule has 12 heavy (non-hydrogen) atoms. The van der Waals surface area contributed by atoms with Crippen molar-refractivity contribution < 1.29 is 9.90 Å². The van der Waals surface area contributed by atoms with Crippen LogP contribution in [0.5, 0.6) is 0 Å². The van der Waals surface area contributed by atoms with Crippen molar-refractivity contribution in [3.05, 3.63) is 0 Å². The van der Waals surface area contributed by atoms with Crippen molar-refractivity contribution in [3.8, 4) is 0 Å². The second kappa shape index (κ2) is 7.10. The van der Waals surface area contributed by atoms with E-state index in [0.717, 1.165) is 19.3 Å². The number of carbonyl (C=O) groups excluding carboxylic acids is 1. The van der Waals surface area contributed by atoms with E-state index >= 15 is 0 Å². The number of hydrogen-bond acceptors (Lipinski definition) is 2. The molecule has 1 amide bonds. The highest BCUT2D eigenvalue weighted by Crippen LogP contribution is 2.02. The van der Waals surface area contributed by atoms with Gasteiger partial charge in [0.25, 0.3) is 0 Å². The Morgan fingerprint density at radius 1 is 1.50 bits per heavy atom. The van der Waals surface area contributed by atoms with Crippen LogP contribution in [0.15, 0.2) is 0 Å². The van der Waals surface area contributed by atoms with E-state index in [4.69, 9.17) is 5.11 Å². The summed E-state index contributed by atoms with van der Waals surface area (Å²) in [7, 11) is 0. The smallest absolute Gasteiger partial charge is 0.219 e. The van der Waals surface area contributed by atoms with E-state index in [1.807, 2.05) is 6.92 Å². The summed E-state index contributed by atoms with van der Waals surface area (Å²) < 4.78 is 0. The van der Waals surface area contributed by atoms with E-state index < -0.39 is 0 Å². The molecule has 0 bridgehead atoms. The number of rotatable bonds is 6. The molecule has 0 rings (SSSR count). The van der Waals surface area contributed by atoms with Crippen molar-refractivity contribution in [1.82, 2.24) is 5.32 Å². The first-order valence-electron chi connectivity index (χ1n) is 4.61. The lowest BCUT2D eigenvalue weighted by molar-refractivity contribution is -0.121. The number of aliphatic hydroxyl groups excluding tert-OH is 1. The molecule has 1 unspecified atom stereocenters. The van der Waals surface area contributed by atoms with Crippen LogP contribution in [-0.2, 0) is 4.79 Å². The number of aliphatic hydroxyl groups is 1. The van der Waals surface area contributed by atoms with Gasteiger partial charge in [0.1, 0.15) is 0 Å². The molecule has 0 saturated carbocycles. The van der Waals surface area contributed by atoms with Crippen molar-refractivity contribution >= 4 is 5.91 Å². The summed E-state index contributed by atoms with van der Waals surface area (Å²) >= 11 is 0. The molecular weight excluding hydrogens is 154 g/mol. The quantitative estimate of drug-likeness (QED) is 0.590. The zero-order valence-corrected chi connectivity index (χ0v) is 7.97. The van der Waals surface area contributed by atoms with Gasteiger partial charge in [-0.15, -0.1) is 0 Å². The first kappa shape index (κ1) is 11.4. The summed E-state index contributed by atoms with van der Waals surface area (Å²) in [5.41, 5.74) is 0. The summed E-state index contributed by atoms with van der Waals surface area (Å²) in [6.45, 7) is 4.38. The highest BCUT2D eigenvalue weighted by molar-refractivity contribution is 5.75. The van der Waals surface area contributed by atoms with Crippen LogP contribution in [0, 0.1) is 0 Å².